The summed E-state index contributed by atoms with van der Waals surface area (Å²) in [6, 6.07) is 11.1. The molecule has 4 nitrogen and oxygen atoms in total. The highest BCUT2D eigenvalue weighted by molar-refractivity contribution is 8.01. The molecule has 1 aliphatic carbocycles. The first-order chi connectivity index (χ1) is 13.5. The molecule has 0 radical (unpaired) electrons. The van der Waals surface area contributed by atoms with E-state index in [-0.39, 0.29) is 24.3 Å². The molecule has 2 aliphatic heterocycles. The lowest BCUT2D eigenvalue weighted by molar-refractivity contribution is -0.141. The van der Waals surface area contributed by atoms with Crippen LogP contribution in [0.3, 0.4) is 0 Å². The Morgan fingerprint density at radius 3 is 2.68 bits per heavy atom. The lowest BCUT2D eigenvalue weighted by Crippen LogP contribution is -2.50. The summed E-state index contributed by atoms with van der Waals surface area (Å²) in [5.74, 6) is -1.28. The Hall–Kier alpha value is -2.41. The molecule has 2 heterocycles. The highest BCUT2D eigenvalue weighted by Gasteiger charge is 2.60. The summed E-state index contributed by atoms with van der Waals surface area (Å²) >= 11 is 1.48. The van der Waals surface area contributed by atoms with Crippen molar-refractivity contribution in [3.63, 3.8) is 0 Å². The molecule has 0 N–H and O–H groups in total. The maximum Gasteiger partial charge on any atom is 0.268 e. The second kappa shape index (κ2) is 6.30. The minimum absolute atomic E-state index is 0.0239. The topological polar surface area (TPSA) is 40.6 Å². The number of fused-ring (bicyclic) bond motifs is 2. The third kappa shape index (κ3) is 2.49. The summed E-state index contributed by atoms with van der Waals surface area (Å²) in [6.45, 7) is 0.667. The van der Waals surface area contributed by atoms with Crippen LogP contribution in [0.15, 0.2) is 42.5 Å². The number of hydrogen-bond donors (Lipinski definition) is 0. The first-order valence-electron chi connectivity index (χ1n) is 9.33. The number of amides is 2. The monoisotopic (exact) mass is 400 g/mol. The van der Waals surface area contributed by atoms with E-state index in [0.29, 0.717) is 17.9 Å². The summed E-state index contributed by atoms with van der Waals surface area (Å²) < 4.78 is 27.0. The Morgan fingerprint density at radius 1 is 1.14 bits per heavy atom. The van der Waals surface area contributed by atoms with Gasteiger partial charge in [-0.1, -0.05) is 24.3 Å². The summed E-state index contributed by atoms with van der Waals surface area (Å²) in [5.41, 5.74) is 2.03. The van der Waals surface area contributed by atoms with Crippen molar-refractivity contribution in [2.75, 3.05) is 17.2 Å². The first-order valence-corrected chi connectivity index (χ1v) is 10.3. The lowest BCUT2D eigenvalue weighted by atomic mass is 10.1. The number of carbonyl (C=O) groups is 2. The van der Waals surface area contributed by atoms with Crippen LogP contribution < -0.4 is 4.90 Å². The van der Waals surface area contributed by atoms with E-state index in [9.17, 15) is 18.4 Å². The number of benzene rings is 2. The smallest absolute Gasteiger partial charge is 0.268 e. The highest BCUT2D eigenvalue weighted by Crippen LogP contribution is 2.55. The number of para-hydroxylation sites is 1. The molecule has 1 spiro atoms. The largest absolute Gasteiger partial charge is 0.315 e. The molecule has 144 valence electrons. The van der Waals surface area contributed by atoms with E-state index in [0.717, 1.165) is 36.2 Å². The van der Waals surface area contributed by atoms with Gasteiger partial charge in [-0.3, -0.25) is 9.59 Å². The molecule has 0 unspecified atom stereocenters. The van der Waals surface area contributed by atoms with Crippen LogP contribution in [0.25, 0.3) is 0 Å². The molecule has 2 fully saturated rings. The molecular formula is C21H18F2N2O2S. The van der Waals surface area contributed by atoms with Crippen molar-refractivity contribution in [1.82, 2.24) is 4.90 Å². The predicted molar refractivity (Wildman–Crippen MR) is 103 cm³/mol. The number of hydrogen-bond acceptors (Lipinski definition) is 3. The van der Waals surface area contributed by atoms with Gasteiger partial charge in [-0.05, 0) is 36.6 Å². The number of nitrogens with zero attached hydrogens (tertiary/aromatic N) is 2. The summed E-state index contributed by atoms with van der Waals surface area (Å²) in [7, 11) is 0. The summed E-state index contributed by atoms with van der Waals surface area (Å²) in [6.07, 6.45) is 1.76. The summed E-state index contributed by atoms with van der Waals surface area (Å²) in [5, 5.41) is 0. The molecule has 1 atom stereocenters. The van der Waals surface area contributed by atoms with Crippen LogP contribution in [-0.2, 0) is 21.0 Å². The molecule has 1 saturated heterocycles. The van der Waals surface area contributed by atoms with Crippen LogP contribution in [0.2, 0.25) is 0 Å². The number of rotatable bonds is 3. The number of anilines is 1. The van der Waals surface area contributed by atoms with Crippen LogP contribution in [-0.4, -0.2) is 29.0 Å². The number of carbonyl (C=O) groups excluding carboxylic acids is 2. The zero-order valence-electron chi connectivity index (χ0n) is 15.0. The quantitative estimate of drug-likeness (QED) is 0.790. The van der Waals surface area contributed by atoms with E-state index in [1.807, 2.05) is 24.3 Å². The normalized spacial score (nSPS) is 23.6. The van der Waals surface area contributed by atoms with Gasteiger partial charge in [0.1, 0.15) is 0 Å². The average Bonchev–Trinajstić information content (AvgIpc) is 3.41. The van der Waals surface area contributed by atoms with Crippen molar-refractivity contribution >= 4 is 29.3 Å². The molecule has 0 bridgehead atoms. The van der Waals surface area contributed by atoms with E-state index in [2.05, 4.69) is 0 Å². The average molecular weight is 400 g/mol. The molecule has 3 aliphatic rings. The van der Waals surface area contributed by atoms with Gasteiger partial charge in [-0.2, -0.15) is 0 Å². The van der Waals surface area contributed by atoms with Gasteiger partial charge in [-0.15, -0.1) is 11.8 Å². The maximum atomic E-state index is 13.7. The van der Waals surface area contributed by atoms with Crippen LogP contribution >= 0.6 is 11.8 Å². The van der Waals surface area contributed by atoms with Gasteiger partial charge in [0.2, 0.25) is 5.91 Å². The molecular weight excluding hydrogens is 382 g/mol. The van der Waals surface area contributed by atoms with Crippen molar-refractivity contribution in [2.45, 2.75) is 24.3 Å². The Balaban J connectivity index is 1.56. The molecule has 0 aromatic heterocycles. The molecule has 5 rings (SSSR count). The Kier molecular flexibility index (Phi) is 3.98. The molecule has 2 aromatic rings. The van der Waals surface area contributed by atoms with Gasteiger partial charge in [0, 0.05) is 23.8 Å². The minimum Gasteiger partial charge on any atom is -0.315 e. The van der Waals surface area contributed by atoms with Crippen LogP contribution in [0.5, 0.6) is 0 Å². The van der Waals surface area contributed by atoms with E-state index in [4.69, 9.17) is 0 Å². The van der Waals surface area contributed by atoms with Gasteiger partial charge in [-0.25, -0.2) is 8.78 Å². The Bertz CT molecular complexity index is 994. The van der Waals surface area contributed by atoms with Crippen molar-refractivity contribution in [1.29, 1.82) is 0 Å². The van der Waals surface area contributed by atoms with E-state index in [1.165, 1.54) is 17.8 Å². The van der Waals surface area contributed by atoms with Crippen molar-refractivity contribution < 1.29 is 18.4 Å². The molecule has 2 amide bonds. The van der Waals surface area contributed by atoms with Crippen molar-refractivity contribution in [3.8, 4) is 0 Å². The zero-order valence-corrected chi connectivity index (χ0v) is 15.8. The fraction of sp³-hybridized carbons (Fsp3) is 0.333. The third-order valence-electron chi connectivity index (χ3n) is 5.62. The van der Waals surface area contributed by atoms with Crippen LogP contribution in [0.1, 0.15) is 24.0 Å². The molecule has 1 saturated carbocycles. The lowest BCUT2D eigenvalue weighted by Gasteiger charge is -2.33. The predicted octanol–water partition coefficient (Wildman–Crippen LogP) is 3.65. The second-order valence-corrected chi connectivity index (χ2v) is 8.70. The minimum atomic E-state index is -1.05. The van der Waals surface area contributed by atoms with Crippen LogP contribution in [0, 0.1) is 17.6 Å². The van der Waals surface area contributed by atoms with Gasteiger partial charge in [0.05, 0.1) is 12.2 Å². The van der Waals surface area contributed by atoms with Crippen molar-refractivity contribution in [2.24, 2.45) is 5.92 Å². The third-order valence-corrected chi connectivity index (χ3v) is 7.04. The summed E-state index contributed by atoms with van der Waals surface area (Å²) in [4.78, 5) is 28.8. The molecule has 2 aromatic carbocycles. The fourth-order valence-corrected chi connectivity index (χ4v) is 5.59. The highest BCUT2D eigenvalue weighted by atomic mass is 32.2. The van der Waals surface area contributed by atoms with Gasteiger partial charge < -0.3 is 9.80 Å². The SMILES string of the molecule is O=C(C1CC1)N1CCS[C@]12C(=O)N(Cc1ccc(F)c(F)c1)c1ccccc12. The van der Waals surface area contributed by atoms with Crippen molar-refractivity contribution in [3.05, 3.63) is 65.2 Å². The van der Waals surface area contributed by atoms with E-state index >= 15 is 0 Å². The maximum absolute atomic E-state index is 13.7. The molecule has 7 heteroatoms. The van der Waals surface area contributed by atoms with Crippen LogP contribution in [0.4, 0.5) is 14.5 Å². The number of halogens is 2. The molecule has 28 heavy (non-hydrogen) atoms. The number of thioether (sulfide) groups is 1. The second-order valence-electron chi connectivity index (χ2n) is 7.41. The van der Waals surface area contributed by atoms with Gasteiger partial charge >= 0.3 is 0 Å². The standard InChI is InChI=1S/C21H18F2N2O2S/c22-16-8-5-13(11-17(16)23)12-24-18-4-2-1-3-15(18)21(20(24)27)25(9-10-28-21)19(26)14-6-7-14/h1-5,8,11,14H,6-7,9-10,12H2/t21-/m1/s1. The zero-order chi connectivity index (χ0) is 19.5. The van der Waals surface area contributed by atoms with Gasteiger partial charge in [0.15, 0.2) is 16.5 Å². The first kappa shape index (κ1) is 17.7. The van der Waals surface area contributed by atoms with Gasteiger partial charge in [0.25, 0.3) is 5.91 Å². The fourth-order valence-electron chi connectivity index (χ4n) is 4.12. The van der Waals surface area contributed by atoms with E-state index < -0.39 is 16.5 Å². The van der Waals surface area contributed by atoms with E-state index in [1.54, 1.807) is 9.80 Å². The Labute approximate surface area is 165 Å². The Morgan fingerprint density at radius 2 is 1.93 bits per heavy atom.